The third-order valence-corrected chi connectivity index (χ3v) is 1.53. The summed E-state index contributed by atoms with van der Waals surface area (Å²) in [6, 6.07) is -0.638. The fourth-order valence-corrected chi connectivity index (χ4v) is 0.880. The van der Waals surface area contributed by atoms with Gasteiger partial charge in [0, 0.05) is 0 Å². The SMILES string of the molecule is C/C=C(\CC)C(C)=NNC(N)=O. The van der Waals surface area contributed by atoms with Crippen LogP contribution >= 0.6 is 0 Å². The second-order valence-electron chi connectivity index (χ2n) is 2.34. The number of hydrazone groups is 1. The van der Waals surface area contributed by atoms with Crippen molar-refractivity contribution < 1.29 is 4.79 Å². The quantitative estimate of drug-likeness (QED) is 0.486. The largest absolute Gasteiger partial charge is 0.350 e. The Morgan fingerprint density at radius 3 is 2.58 bits per heavy atom. The Morgan fingerprint density at radius 2 is 2.25 bits per heavy atom. The van der Waals surface area contributed by atoms with Crippen LogP contribution in [0.5, 0.6) is 0 Å². The Bertz CT molecular complexity index is 218. The van der Waals surface area contributed by atoms with Gasteiger partial charge in [-0.3, -0.25) is 0 Å². The smallest absolute Gasteiger partial charge is 0.332 e. The molecule has 0 aromatic heterocycles. The van der Waals surface area contributed by atoms with Crippen molar-refractivity contribution >= 4 is 11.7 Å². The van der Waals surface area contributed by atoms with Crippen molar-refractivity contribution in [3.8, 4) is 0 Å². The van der Waals surface area contributed by atoms with E-state index in [0.717, 1.165) is 17.7 Å². The van der Waals surface area contributed by atoms with Crippen LogP contribution in [-0.2, 0) is 0 Å². The molecule has 0 rings (SSSR count). The summed E-state index contributed by atoms with van der Waals surface area (Å²) in [6.45, 7) is 5.79. The molecule has 2 amide bonds. The number of primary amides is 1. The summed E-state index contributed by atoms with van der Waals surface area (Å²) in [5.41, 5.74) is 8.92. The molecule has 4 heteroatoms. The number of allylic oxidation sites excluding steroid dienone is 2. The van der Waals surface area contributed by atoms with Crippen LogP contribution in [0.4, 0.5) is 4.79 Å². The van der Waals surface area contributed by atoms with Gasteiger partial charge in [0.05, 0.1) is 5.71 Å². The molecule has 0 aromatic carbocycles. The molecule has 0 bridgehead atoms. The second kappa shape index (κ2) is 5.35. The third kappa shape index (κ3) is 3.75. The summed E-state index contributed by atoms with van der Waals surface area (Å²) < 4.78 is 0. The Labute approximate surface area is 72.5 Å². The van der Waals surface area contributed by atoms with Crippen LogP contribution in [0.25, 0.3) is 0 Å². The minimum Gasteiger partial charge on any atom is -0.350 e. The third-order valence-electron chi connectivity index (χ3n) is 1.53. The van der Waals surface area contributed by atoms with Crippen molar-refractivity contribution in [2.45, 2.75) is 27.2 Å². The highest BCUT2D eigenvalue weighted by molar-refractivity contribution is 5.98. The maximum Gasteiger partial charge on any atom is 0.332 e. The molecule has 0 aliphatic carbocycles. The number of hydrogen-bond donors (Lipinski definition) is 2. The Balaban J connectivity index is 4.25. The van der Waals surface area contributed by atoms with Gasteiger partial charge in [0.2, 0.25) is 0 Å². The van der Waals surface area contributed by atoms with Crippen LogP contribution in [0.3, 0.4) is 0 Å². The molecule has 0 saturated carbocycles. The number of nitrogens with one attached hydrogen (secondary N) is 1. The molecule has 0 heterocycles. The van der Waals surface area contributed by atoms with Gasteiger partial charge in [-0.05, 0) is 25.8 Å². The number of carbonyl (C=O) groups excluding carboxylic acids is 1. The van der Waals surface area contributed by atoms with E-state index in [-0.39, 0.29) is 0 Å². The zero-order valence-corrected chi connectivity index (χ0v) is 7.72. The van der Waals surface area contributed by atoms with Crippen LogP contribution < -0.4 is 11.2 Å². The van der Waals surface area contributed by atoms with Gasteiger partial charge in [-0.2, -0.15) is 5.10 Å². The van der Waals surface area contributed by atoms with Crippen LogP contribution in [-0.4, -0.2) is 11.7 Å². The monoisotopic (exact) mass is 169 g/mol. The fourth-order valence-electron chi connectivity index (χ4n) is 0.880. The average Bonchev–Trinajstić information content (AvgIpc) is 2.03. The predicted octanol–water partition coefficient (Wildman–Crippen LogP) is 1.39. The first kappa shape index (κ1) is 10.7. The minimum atomic E-state index is -0.638. The molecular weight excluding hydrogens is 154 g/mol. The lowest BCUT2D eigenvalue weighted by molar-refractivity contribution is 0.249. The van der Waals surface area contributed by atoms with Gasteiger partial charge in [-0.25, -0.2) is 10.2 Å². The van der Waals surface area contributed by atoms with E-state index in [9.17, 15) is 4.79 Å². The van der Waals surface area contributed by atoms with E-state index < -0.39 is 6.03 Å². The van der Waals surface area contributed by atoms with Gasteiger partial charge in [0.25, 0.3) is 0 Å². The lowest BCUT2D eigenvalue weighted by Crippen LogP contribution is -2.25. The van der Waals surface area contributed by atoms with Crippen molar-refractivity contribution in [3.63, 3.8) is 0 Å². The van der Waals surface area contributed by atoms with Crippen LogP contribution in [0.2, 0.25) is 0 Å². The van der Waals surface area contributed by atoms with Crippen molar-refractivity contribution in [2.75, 3.05) is 0 Å². The van der Waals surface area contributed by atoms with E-state index >= 15 is 0 Å². The fraction of sp³-hybridized carbons (Fsp3) is 0.500. The molecule has 12 heavy (non-hydrogen) atoms. The molecule has 0 saturated heterocycles. The first-order chi connectivity index (χ1) is 5.61. The maximum absolute atomic E-state index is 10.3. The van der Waals surface area contributed by atoms with Gasteiger partial charge < -0.3 is 5.73 Å². The van der Waals surface area contributed by atoms with E-state index in [1.54, 1.807) is 0 Å². The summed E-state index contributed by atoms with van der Waals surface area (Å²) in [5.74, 6) is 0. The van der Waals surface area contributed by atoms with Crippen LogP contribution in [0, 0.1) is 0 Å². The highest BCUT2D eigenvalue weighted by Crippen LogP contribution is 2.01. The molecule has 3 N–H and O–H groups in total. The first-order valence-corrected chi connectivity index (χ1v) is 3.87. The van der Waals surface area contributed by atoms with Gasteiger partial charge in [0.1, 0.15) is 0 Å². The van der Waals surface area contributed by atoms with E-state index in [4.69, 9.17) is 5.73 Å². The zero-order chi connectivity index (χ0) is 9.56. The number of carbonyl (C=O) groups is 1. The standard InChI is InChI=1S/C8H15N3O/c1-4-7(5-2)6(3)10-11-8(9)12/h4H,5H2,1-3H3,(H3,9,11,12)/b7-4+,10-6?. The molecule has 0 fully saturated rings. The molecule has 0 spiro atoms. The molecule has 0 aliphatic rings. The Hall–Kier alpha value is -1.32. The van der Waals surface area contributed by atoms with E-state index in [2.05, 4.69) is 10.5 Å². The lowest BCUT2D eigenvalue weighted by atomic mass is 10.1. The van der Waals surface area contributed by atoms with Crippen LogP contribution in [0.1, 0.15) is 27.2 Å². The molecule has 0 unspecified atom stereocenters. The minimum absolute atomic E-state index is 0.638. The molecule has 0 atom stereocenters. The number of rotatable bonds is 3. The van der Waals surface area contributed by atoms with Gasteiger partial charge in [-0.15, -0.1) is 0 Å². The highest BCUT2D eigenvalue weighted by Gasteiger charge is 1.97. The van der Waals surface area contributed by atoms with Crippen molar-refractivity contribution in [3.05, 3.63) is 11.6 Å². The topological polar surface area (TPSA) is 67.5 Å². The molecule has 0 aliphatic heterocycles. The summed E-state index contributed by atoms with van der Waals surface area (Å²) in [4.78, 5) is 10.3. The summed E-state index contributed by atoms with van der Waals surface area (Å²) in [7, 11) is 0. The van der Waals surface area contributed by atoms with E-state index in [1.807, 2.05) is 26.8 Å². The summed E-state index contributed by atoms with van der Waals surface area (Å²) in [5, 5.41) is 3.79. The van der Waals surface area contributed by atoms with Gasteiger partial charge >= 0.3 is 6.03 Å². The second-order valence-corrected chi connectivity index (χ2v) is 2.34. The molecule has 0 aromatic rings. The summed E-state index contributed by atoms with van der Waals surface area (Å²) >= 11 is 0. The number of amides is 2. The zero-order valence-electron chi connectivity index (χ0n) is 7.72. The van der Waals surface area contributed by atoms with Gasteiger partial charge in [0.15, 0.2) is 0 Å². The van der Waals surface area contributed by atoms with E-state index in [0.29, 0.717) is 0 Å². The van der Waals surface area contributed by atoms with E-state index in [1.165, 1.54) is 0 Å². The van der Waals surface area contributed by atoms with Crippen molar-refractivity contribution in [1.29, 1.82) is 0 Å². The Kier molecular flexibility index (Phi) is 4.76. The average molecular weight is 169 g/mol. The predicted molar refractivity (Wildman–Crippen MR) is 49.9 cm³/mol. The molecular formula is C8H15N3O. The Morgan fingerprint density at radius 1 is 1.67 bits per heavy atom. The van der Waals surface area contributed by atoms with Gasteiger partial charge in [-0.1, -0.05) is 13.0 Å². The lowest BCUT2D eigenvalue weighted by Gasteiger charge is -2.02. The number of nitrogens with zero attached hydrogens (tertiary/aromatic N) is 1. The summed E-state index contributed by atoms with van der Waals surface area (Å²) in [6.07, 6.45) is 2.85. The van der Waals surface area contributed by atoms with Crippen molar-refractivity contribution in [1.82, 2.24) is 5.43 Å². The normalized spacial score (nSPS) is 12.9. The molecule has 4 nitrogen and oxygen atoms in total. The van der Waals surface area contributed by atoms with Crippen molar-refractivity contribution in [2.24, 2.45) is 10.8 Å². The number of nitrogens with two attached hydrogens (primary N) is 1. The highest BCUT2D eigenvalue weighted by atomic mass is 16.2. The number of hydrogen-bond acceptors (Lipinski definition) is 2. The number of urea groups is 1. The maximum atomic E-state index is 10.3. The molecule has 0 radical (unpaired) electrons. The molecule has 68 valence electrons. The first-order valence-electron chi connectivity index (χ1n) is 3.87. The van der Waals surface area contributed by atoms with Crippen LogP contribution in [0.15, 0.2) is 16.8 Å².